The third-order valence-electron chi connectivity index (χ3n) is 5.50. The number of ether oxygens (including phenoxy) is 1. The molecule has 0 radical (unpaired) electrons. The van der Waals surface area contributed by atoms with Gasteiger partial charge < -0.3 is 15.0 Å². The molecule has 0 bridgehead atoms. The number of nitrogens with zero attached hydrogens (tertiary/aromatic N) is 3. The number of hydrogen-bond donors (Lipinski definition) is 1. The number of para-hydroxylation sites is 3. The summed E-state index contributed by atoms with van der Waals surface area (Å²) in [5, 5.41) is 2.81. The molecule has 0 fully saturated rings. The molecule has 0 saturated heterocycles. The Kier molecular flexibility index (Phi) is 7.32. The lowest BCUT2D eigenvalue weighted by Gasteiger charge is -2.18. The minimum absolute atomic E-state index is 0.0576. The molecule has 0 unspecified atom stereocenters. The summed E-state index contributed by atoms with van der Waals surface area (Å²) in [6.07, 6.45) is -0.0576. The van der Waals surface area contributed by atoms with Crippen molar-refractivity contribution in [1.82, 2.24) is 14.0 Å². The van der Waals surface area contributed by atoms with Crippen molar-refractivity contribution < 1.29 is 19.1 Å². The predicted molar refractivity (Wildman–Crippen MR) is 125 cm³/mol. The third-order valence-corrected chi connectivity index (χ3v) is 5.50. The summed E-state index contributed by atoms with van der Waals surface area (Å²) in [6, 6.07) is 13.0. The zero-order valence-corrected chi connectivity index (χ0v) is 19.3. The quantitative estimate of drug-likeness (QED) is 0.527. The topological polar surface area (TPSA) is 103 Å². The molecule has 174 valence electrons. The maximum absolute atomic E-state index is 12.4. The molecular formula is C24H28N4O5. The second kappa shape index (κ2) is 10.2. The number of imidazole rings is 1. The number of amides is 2. The lowest BCUT2D eigenvalue weighted by Crippen LogP contribution is -2.37. The van der Waals surface area contributed by atoms with E-state index in [1.54, 1.807) is 7.05 Å². The zero-order valence-electron chi connectivity index (χ0n) is 19.3. The SMILES string of the molecule is Cc1cccc(C)c1NC(=O)CN(C)C(=O)COC(=O)CCn1c(=O)n(C)c2ccccc21. The molecule has 0 aliphatic rings. The number of benzene rings is 2. The number of anilines is 1. The van der Waals surface area contributed by atoms with Crippen molar-refractivity contribution in [3.8, 4) is 0 Å². The molecule has 33 heavy (non-hydrogen) atoms. The van der Waals surface area contributed by atoms with Gasteiger partial charge in [-0.15, -0.1) is 0 Å². The summed E-state index contributed by atoms with van der Waals surface area (Å²) in [5.41, 5.74) is 3.84. The van der Waals surface area contributed by atoms with E-state index in [9.17, 15) is 19.2 Å². The van der Waals surface area contributed by atoms with Crippen molar-refractivity contribution in [2.45, 2.75) is 26.8 Å². The van der Waals surface area contributed by atoms with Crippen LogP contribution in [0, 0.1) is 13.8 Å². The first kappa shape index (κ1) is 23.8. The molecule has 1 aromatic heterocycles. The van der Waals surface area contributed by atoms with Gasteiger partial charge in [0, 0.05) is 26.3 Å². The lowest BCUT2D eigenvalue weighted by atomic mass is 10.1. The largest absolute Gasteiger partial charge is 0.456 e. The Morgan fingerprint density at radius 2 is 1.64 bits per heavy atom. The Morgan fingerprint density at radius 1 is 1.00 bits per heavy atom. The Balaban J connectivity index is 1.48. The van der Waals surface area contributed by atoms with Gasteiger partial charge >= 0.3 is 11.7 Å². The van der Waals surface area contributed by atoms with Crippen LogP contribution in [0.25, 0.3) is 11.0 Å². The van der Waals surface area contributed by atoms with Crippen molar-refractivity contribution in [3.05, 3.63) is 64.1 Å². The van der Waals surface area contributed by atoms with Crippen LogP contribution < -0.4 is 11.0 Å². The molecule has 0 atom stereocenters. The van der Waals surface area contributed by atoms with Gasteiger partial charge in [0.15, 0.2) is 6.61 Å². The number of carbonyl (C=O) groups is 3. The number of likely N-dealkylation sites (N-methyl/N-ethyl adjacent to an activating group) is 1. The van der Waals surface area contributed by atoms with Gasteiger partial charge in [-0.2, -0.15) is 0 Å². The van der Waals surface area contributed by atoms with Gasteiger partial charge in [0.05, 0.1) is 24.0 Å². The van der Waals surface area contributed by atoms with Crippen LogP contribution >= 0.6 is 0 Å². The number of rotatable bonds is 8. The van der Waals surface area contributed by atoms with E-state index in [0.29, 0.717) is 0 Å². The first-order chi connectivity index (χ1) is 15.7. The predicted octanol–water partition coefficient (Wildman–Crippen LogP) is 1.99. The van der Waals surface area contributed by atoms with Gasteiger partial charge in [0.2, 0.25) is 5.91 Å². The molecule has 3 rings (SSSR count). The number of hydrogen-bond acceptors (Lipinski definition) is 5. The fourth-order valence-electron chi connectivity index (χ4n) is 3.60. The normalized spacial score (nSPS) is 10.8. The maximum atomic E-state index is 12.4. The Labute approximate surface area is 191 Å². The van der Waals surface area contributed by atoms with Gasteiger partial charge in [0.25, 0.3) is 5.91 Å². The highest BCUT2D eigenvalue weighted by Gasteiger charge is 2.17. The zero-order chi connectivity index (χ0) is 24.1. The number of fused-ring (bicyclic) bond motifs is 1. The maximum Gasteiger partial charge on any atom is 0.328 e. The standard InChI is InChI=1S/C24H28N4O5/c1-16-8-7-9-17(2)23(16)25-20(29)14-26(3)21(30)15-33-22(31)12-13-28-19-11-6-5-10-18(19)27(4)24(28)32/h5-11H,12-15H2,1-4H3,(H,25,29). The van der Waals surface area contributed by atoms with E-state index in [-0.39, 0.29) is 31.1 Å². The van der Waals surface area contributed by atoms with Crippen LogP contribution in [0.2, 0.25) is 0 Å². The van der Waals surface area contributed by atoms with Crippen molar-refractivity contribution in [1.29, 1.82) is 0 Å². The highest BCUT2D eigenvalue weighted by molar-refractivity contribution is 5.96. The van der Waals surface area contributed by atoms with Crippen LogP contribution in [-0.4, -0.2) is 52.0 Å². The number of aryl methyl sites for hydroxylation is 4. The summed E-state index contributed by atoms with van der Waals surface area (Å²) < 4.78 is 8.08. The summed E-state index contributed by atoms with van der Waals surface area (Å²) in [5.74, 6) is -1.44. The molecule has 0 saturated carbocycles. The molecule has 9 heteroatoms. The summed E-state index contributed by atoms with van der Waals surface area (Å²) in [4.78, 5) is 50.4. The molecule has 0 aliphatic heterocycles. The van der Waals surface area contributed by atoms with E-state index in [0.717, 1.165) is 27.8 Å². The van der Waals surface area contributed by atoms with Crippen LogP contribution in [0.1, 0.15) is 17.5 Å². The van der Waals surface area contributed by atoms with Gasteiger partial charge in [0.1, 0.15) is 0 Å². The molecule has 0 spiro atoms. The smallest absolute Gasteiger partial charge is 0.328 e. The van der Waals surface area contributed by atoms with Crippen LogP contribution in [0.3, 0.4) is 0 Å². The van der Waals surface area contributed by atoms with E-state index in [4.69, 9.17) is 4.74 Å². The fourth-order valence-corrected chi connectivity index (χ4v) is 3.60. The number of nitrogens with one attached hydrogen (secondary N) is 1. The molecule has 1 heterocycles. The van der Waals surface area contributed by atoms with Crippen LogP contribution in [0.15, 0.2) is 47.3 Å². The second-order valence-electron chi connectivity index (χ2n) is 7.96. The highest BCUT2D eigenvalue weighted by Crippen LogP contribution is 2.19. The number of esters is 1. The van der Waals surface area contributed by atoms with E-state index in [1.807, 2.05) is 56.3 Å². The van der Waals surface area contributed by atoms with E-state index >= 15 is 0 Å². The molecule has 3 aromatic rings. The Morgan fingerprint density at radius 3 is 2.30 bits per heavy atom. The summed E-state index contributed by atoms with van der Waals surface area (Å²) in [6.45, 7) is 3.28. The van der Waals surface area contributed by atoms with Gasteiger partial charge in [-0.1, -0.05) is 30.3 Å². The van der Waals surface area contributed by atoms with Gasteiger partial charge in [-0.05, 0) is 37.1 Å². The van der Waals surface area contributed by atoms with Crippen molar-refractivity contribution in [2.24, 2.45) is 7.05 Å². The molecule has 0 aliphatic carbocycles. The van der Waals surface area contributed by atoms with Crippen LogP contribution in [0.5, 0.6) is 0 Å². The van der Waals surface area contributed by atoms with Crippen molar-refractivity contribution in [3.63, 3.8) is 0 Å². The average Bonchev–Trinajstić information content (AvgIpc) is 3.03. The van der Waals surface area contributed by atoms with Gasteiger partial charge in [-0.3, -0.25) is 23.5 Å². The minimum Gasteiger partial charge on any atom is -0.456 e. The molecular weight excluding hydrogens is 424 g/mol. The second-order valence-corrected chi connectivity index (χ2v) is 7.96. The molecule has 2 aromatic carbocycles. The molecule has 1 N–H and O–H groups in total. The highest BCUT2D eigenvalue weighted by atomic mass is 16.5. The third kappa shape index (κ3) is 5.49. The van der Waals surface area contributed by atoms with E-state index in [2.05, 4.69) is 5.32 Å². The Hall–Kier alpha value is -3.88. The van der Waals surface area contributed by atoms with Gasteiger partial charge in [-0.25, -0.2) is 4.79 Å². The lowest BCUT2D eigenvalue weighted by molar-refractivity contribution is -0.152. The first-order valence-electron chi connectivity index (χ1n) is 10.6. The molecule has 2 amide bonds. The molecule has 9 nitrogen and oxygen atoms in total. The van der Waals surface area contributed by atoms with Crippen molar-refractivity contribution in [2.75, 3.05) is 25.5 Å². The number of carbonyl (C=O) groups excluding carboxylic acids is 3. The summed E-state index contributed by atoms with van der Waals surface area (Å²) in [7, 11) is 3.14. The Bertz CT molecular complexity index is 1240. The van der Waals surface area contributed by atoms with Crippen LogP contribution in [-0.2, 0) is 32.7 Å². The van der Waals surface area contributed by atoms with E-state index < -0.39 is 18.5 Å². The van der Waals surface area contributed by atoms with Crippen LogP contribution in [0.4, 0.5) is 5.69 Å². The summed E-state index contributed by atoms with van der Waals surface area (Å²) >= 11 is 0. The van der Waals surface area contributed by atoms with Crippen molar-refractivity contribution >= 4 is 34.5 Å². The fraction of sp³-hybridized carbons (Fsp3) is 0.333. The average molecular weight is 453 g/mol. The first-order valence-corrected chi connectivity index (χ1v) is 10.6. The number of aromatic nitrogens is 2. The van der Waals surface area contributed by atoms with E-state index in [1.165, 1.54) is 21.1 Å². The minimum atomic E-state index is -0.600. The monoisotopic (exact) mass is 452 g/mol.